The second-order valence-corrected chi connectivity index (χ2v) is 6.21. The molecule has 0 fully saturated rings. The van der Waals surface area contributed by atoms with E-state index in [2.05, 4.69) is 17.4 Å². The van der Waals surface area contributed by atoms with Crippen LogP contribution in [0.4, 0.5) is 5.82 Å². The first-order valence-corrected chi connectivity index (χ1v) is 8.06. The molecule has 2 aromatic rings. The minimum absolute atomic E-state index is 0.0244. The van der Waals surface area contributed by atoms with Gasteiger partial charge in [0.15, 0.2) is 5.56 Å². The maximum Gasteiger partial charge on any atom is 0.332 e. The van der Waals surface area contributed by atoms with Crippen molar-refractivity contribution >= 4 is 5.82 Å². The molecule has 1 aliphatic rings. The Labute approximate surface area is 140 Å². The van der Waals surface area contributed by atoms with Crippen LogP contribution in [0.3, 0.4) is 0 Å². The minimum Gasteiger partial charge on any atom is -0.369 e. The van der Waals surface area contributed by atoms with Gasteiger partial charge < -0.3 is 5.32 Å². The van der Waals surface area contributed by atoms with Gasteiger partial charge in [0.05, 0.1) is 0 Å². The number of anilines is 1. The van der Waals surface area contributed by atoms with Crippen LogP contribution >= 0.6 is 0 Å². The van der Waals surface area contributed by atoms with E-state index in [1.165, 1.54) is 22.7 Å². The lowest BCUT2D eigenvalue weighted by Gasteiger charge is -2.26. The van der Waals surface area contributed by atoms with E-state index in [9.17, 15) is 14.9 Å². The van der Waals surface area contributed by atoms with Gasteiger partial charge in [-0.25, -0.2) is 4.79 Å². The number of nitrogens with zero attached hydrogens (tertiary/aromatic N) is 3. The molecule has 0 saturated heterocycles. The number of nitriles is 1. The first kappa shape index (κ1) is 16.1. The van der Waals surface area contributed by atoms with Crippen LogP contribution in [0.5, 0.6) is 0 Å². The molecule has 0 radical (unpaired) electrons. The first-order chi connectivity index (χ1) is 11.5. The summed E-state index contributed by atoms with van der Waals surface area (Å²) in [5.41, 5.74) is 1.64. The van der Waals surface area contributed by atoms with Crippen LogP contribution in [0.25, 0.3) is 0 Å². The molecule has 1 heterocycles. The van der Waals surface area contributed by atoms with Crippen LogP contribution in [0.1, 0.15) is 35.4 Å². The highest BCUT2D eigenvalue weighted by atomic mass is 16.2. The topological polar surface area (TPSA) is 79.8 Å². The van der Waals surface area contributed by atoms with E-state index >= 15 is 0 Å². The Morgan fingerprint density at radius 2 is 2.00 bits per heavy atom. The Balaban J connectivity index is 1.93. The summed E-state index contributed by atoms with van der Waals surface area (Å²) in [6, 6.07) is 10.3. The molecule has 1 aliphatic carbocycles. The average Bonchev–Trinajstić information content (AvgIpc) is 2.61. The molecule has 0 bridgehead atoms. The summed E-state index contributed by atoms with van der Waals surface area (Å²) >= 11 is 0. The summed E-state index contributed by atoms with van der Waals surface area (Å²) in [6.45, 7) is 0.589. The highest BCUT2D eigenvalue weighted by Crippen LogP contribution is 2.31. The molecule has 0 unspecified atom stereocenters. The van der Waals surface area contributed by atoms with E-state index in [0.717, 1.165) is 23.8 Å². The van der Waals surface area contributed by atoms with Gasteiger partial charge in [-0.05, 0) is 30.4 Å². The zero-order valence-electron chi connectivity index (χ0n) is 13.9. The number of fused-ring (bicyclic) bond motifs is 1. The van der Waals surface area contributed by atoms with E-state index in [1.807, 2.05) is 18.2 Å². The van der Waals surface area contributed by atoms with Crippen molar-refractivity contribution in [3.05, 3.63) is 61.8 Å². The van der Waals surface area contributed by atoms with Gasteiger partial charge in [0, 0.05) is 26.6 Å². The lowest BCUT2D eigenvalue weighted by Crippen LogP contribution is -2.40. The summed E-state index contributed by atoms with van der Waals surface area (Å²) in [5, 5.41) is 12.5. The summed E-state index contributed by atoms with van der Waals surface area (Å²) in [5.74, 6) is 0.606. The number of aryl methyl sites for hydroxylation is 1. The monoisotopic (exact) mass is 324 g/mol. The largest absolute Gasteiger partial charge is 0.369 e. The van der Waals surface area contributed by atoms with Gasteiger partial charge in [0.1, 0.15) is 11.9 Å². The fourth-order valence-corrected chi connectivity index (χ4v) is 3.44. The number of hydrogen-bond acceptors (Lipinski definition) is 4. The molecule has 0 amide bonds. The Bertz CT molecular complexity index is 934. The van der Waals surface area contributed by atoms with Gasteiger partial charge in [0.2, 0.25) is 0 Å². The van der Waals surface area contributed by atoms with Gasteiger partial charge in [-0.15, -0.1) is 0 Å². The van der Waals surface area contributed by atoms with Gasteiger partial charge in [0.25, 0.3) is 5.56 Å². The van der Waals surface area contributed by atoms with Crippen molar-refractivity contribution < 1.29 is 0 Å². The molecule has 6 heteroatoms. The summed E-state index contributed by atoms with van der Waals surface area (Å²) in [6.07, 6.45) is 3.25. The van der Waals surface area contributed by atoms with Crippen molar-refractivity contribution in [2.24, 2.45) is 14.1 Å². The maximum absolute atomic E-state index is 12.1. The molecule has 24 heavy (non-hydrogen) atoms. The van der Waals surface area contributed by atoms with Crippen molar-refractivity contribution in [3.8, 4) is 6.07 Å². The number of rotatable bonds is 3. The van der Waals surface area contributed by atoms with Crippen molar-refractivity contribution in [3.63, 3.8) is 0 Å². The lowest BCUT2D eigenvalue weighted by molar-refractivity contribution is 0.568. The van der Waals surface area contributed by atoms with Gasteiger partial charge in [-0.2, -0.15) is 5.26 Å². The molecular formula is C18H20N4O2. The number of nitrogens with one attached hydrogen (secondary N) is 1. The van der Waals surface area contributed by atoms with Crippen molar-refractivity contribution in [2.75, 3.05) is 11.9 Å². The second-order valence-electron chi connectivity index (χ2n) is 6.21. The zero-order chi connectivity index (χ0) is 17.3. The molecule has 1 aromatic carbocycles. The van der Waals surface area contributed by atoms with Crippen LogP contribution < -0.4 is 16.6 Å². The third kappa shape index (κ3) is 2.62. The standard InChI is InChI=1S/C18H20N4O2/c1-21-16(15(10-19)17(23)22(2)18(21)24)20-11-13-8-5-7-12-6-3-4-9-14(12)13/h3-4,6,9,13,20H,5,7-8,11H2,1-2H3/t13-/m0/s1. The van der Waals surface area contributed by atoms with Crippen LogP contribution in [-0.2, 0) is 20.5 Å². The minimum atomic E-state index is -0.563. The molecule has 0 saturated carbocycles. The zero-order valence-corrected chi connectivity index (χ0v) is 13.9. The normalized spacial score (nSPS) is 16.3. The molecule has 0 spiro atoms. The van der Waals surface area contributed by atoms with E-state index in [1.54, 1.807) is 7.05 Å². The molecule has 1 atom stereocenters. The molecular weight excluding hydrogens is 304 g/mol. The van der Waals surface area contributed by atoms with Crippen LogP contribution in [-0.4, -0.2) is 15.7 Å². The third-order valence-corrected chi connectivity index (χ3v) is 4.79. The Morgan fingerprint density at radius 1 is 1.25 bits per heavy atom. The van der Waals surface area contributed by atoms with Gasteiger partial charge in [-0.3, -0.25) is 13.9 Å². The first-order valence-electron chi connectivity index (χ1n) is 8.06. The second kappa shape index (κ2) is 6.36. The van der Waals surface area contributed by atoms with Crippen molar-refractivity contribution in [2.45, 2.75) is 25.2 Å². The van der Waals surface area contributed by atoms with Gasteiger partial charge >= 0.3 is 5.69 Å². The highest BCUT2D eigenvalue weighted by molar-refractivity contribution is 5.51. The predicted octanol–water partition coefficient (Wildman–Crippen LogP) is 1.49. The molecule has 0 aliphatic heterocycles. The average molecular weight is 324 g/mol. The summed E-state index contributed by atoms with van der Waals surface area (Å²) in [7, 11) is 2.95. The highest BCUT2D eigenvalue weighted by Gasteiger charge is 2.21. The van der Waals surface area contributed by atoms with Crippen LogP contribution in [0, 0.1) is 11.3 Å². The fourth-order valence-electron chi connectivity index (χ4n) is 3.44. The smallest absolute Gasteiger partial charge is 0.332 e. The lowest BCUT2D eigenvalue weighted by atomic mass is 9.83. The SMILES string of the molecule is Cn1c(NC[C@@H]2CCCc3ccccc32)c(C#N)c(=O)n(C)c1=O. The van der Waals surface area contributed by atoms with Crippen molar-refractivity contribution in [1.82, 2.24) is 9.13 Å². The van der Waals surface area contributed by atoms with E-state index in [-0.39, 0.29) is 5.56 Å². The fraction of sp³-hybridized carbons (Fsp3) is 0.389. The number of benzene rings is 1. The van der Waals surface area contributed by atoms with E-state index < -0.39 is 11.2 Å². The predicted molar refractivity (Wildman–Crippen MR) is 92.2 cm³/mol. The Morgan fingerprint density at radius 3 is 2.75 bits per heavy atom. The molecule has 6 nitrogen and oxygen atoms in total. The van der Waals surface area contributed by atoms with Crippen LogP contribution in [0.2, 0.25) is 0 Å². The van der Waals surface area contributed by atoms with Crippen molar-refractivity contribution in [1.29, 1.82) is 5.26 Å². The third-order valence-electron chi connectivity index (χ3n) is 4.79. The summed E-state index contributed by atoms with van der Waals surface area (Å²) in [4.78, 5) is 24.2. The maximum atomic E-state index is 12.1. The summed E-state index contributed by atoms with van der Waals surface area (Å²) < 4.78 is 2.29. The van der Waals surface area contributed by atoms with Gasteiger partial charge in [-0.1, -0.05) is 24.3 Å². The van der Waals surface area contributed by atoms with E-state index in [4.69, 9.17) is 0 Å². The number of aromatic nitrogens is 2. The van der Waals surface area contributed by atoms with E-state index in [0.29, 0.717) is 18.3 Å². The Kier molecular flexibility index (Phi) is 4.26. The molecule has 1 N–H and O–H groups in total. The molecule has 1 aromatic heterocycles. The quantitative estimate of drug-likeness (QED) is 0.927. The number of hydrogen-bond donors (Lipinski definition) is 1. The molecule has 124 valence electrons. The molecule has 3 rings (SSSR count). The Hall–Kier alpha value is -2.81. The van der Waals surface area contributed by atoms with Crippen LogP contribution in [0.15, 0.2) is 33.9 Å².